The molecular formula is C14H14N2O3. The van der Waals surface area contributed by atoms with Crippen molar-refractivity contribution in [1.82, 2.24) is 5.43 Å². The van der Waals surface area contributed by atoms with Crippen LogP contribution in [0.15, 0.2) is 45.9 Å². The van der Waals surface area contributed by atoms with E-state index < -0.39 is 5.91 Å². The highest BCUT2D eigenvalue weighted by Crippen LogP contribution is 2.10. The van der Waals surface area contributed by atoms with Crippen LogP contribution in [0.2, 0.25) is 0 Å². The lowest BCUT2D eigenvalue weighted by Gasteiger charge is -2.01. The van der Waals surface area contributed by atoms with E-state index in [0.717, 1.165) is 5.56 Å². The van der Waals surface area contributed by atoms with Crippen LogP contribution in [0.25, 0.3) is 0 Å². The number of carbonyl (C=O) groups is 1. The summed E-state index contributed by atoms with van der Waals surface area (Å²) >= 11 is 0. The number of hydrogen-bond donors (Lipinski definition) is 2. The van der Waals surface area contributed by atoms with Crippen LogP contribution in [0.4, 0.5) is 0 Å². The van der Waals surface area contributed by atoms with E-state index in [1.807, 2.05) is 0 Å². The Balaban J connectivity index is 2.06. The Kier molecular flexibility index (Phi) is 3.66. The van der Waals surface area contributed by atoms with Crippen LogP contribution in [0.3, 0.4) is 0 Å². The maximum absolute atomic E-state index is 11.7. The van der Waals surface area contributed by atoms with Crippen LogP contribution in [-0.2, 0) is 0 Å². The second-order valence-electron chi connectivity index (χ2n) is 4.10. The molecular weight excluding hydrogens is 244 g/mol. The van der Waals surface area contributed by atoms with Crippen LogP contribution in [-0.4, -0.2) is 16.7 Å². The van der Waals surface area contributed by atoms with Gasteiger partial charge in [-0.05, 0) is 55.8 Å². The average Bonchev–Trinajstić information content (AvgIpc) is 2.83. The van der Waals surface area contributed by atoms with E-state index >= 15 is 0 Å². The van der Waals surface area contributed by atoms with E-state index in [-0.39, 0.29) is 11.5 Å². The second-order valence-corrected chi connectivity index (χ2v) is 4.10. The lowest BCUT2D eigenvalue weighted by Crippen LogP contribution is -2.18. The molecule has 0 atom stereocenters. The zero-order chi connectivity index (χ0) is 13.8. The topological polar surface area (TPSA) is 74.8 Å². The number of phenolic OH excluding ortho intramolecular Hbond substituents is 1. The van der Waals surface area contributed by atoms with Crippen molar-refractivity contribution < 1.29 is 14.3 Å². The van der Waals surface area contributed by atoms with E-state index in [4.69, 9.17) is 4.42 Å². The number of phenols is 1. The molecule has 0 unspecified atom stereocenters. The first kappa shape index (κ1) is 12.9. The van der Waals surface area contributed by atoms with Gasteiger partial charge >= 0.3 is 5.91 Å². The molecule has 1 aromatic carbocycles. The monoisotopic (exact) mass is 258 g/mol. The summed E-state index contributed by atoms with van der Waals surface area (Å²) in [6.45, 7) is 3.53. The van der Waals surface area contributed by atoms with Crippen LogP contribution in [0.5, 0.6) is 5.75 Å². The molecule has 0 aliphatic rings. The summed E-state index contributed by atoms with van der Waals surface area (Å²) in [6.07, 6.45) is 0. The van der Waals surface area contributed by atoms with Gasteiger partial charge in [0.15, 0.2) is 5.76 Å². The van der Waals surface area contributed by atoms with E-state index in [0.29, 0.717) is 11.5 Å². The van der Waals surface area contributed by atoms with Gasteiger partial charge in [0.25, 0.3) is 0 Å². The standard InChI is InChI=1S/C14H14N2O3/c1-9-3-8-13(19-9)14(18)16-15-10(2)11-4-6-12(17)7-5-11/h3-8,17H,1-2H3,(H,16,18)/b15-10-. The van der Waals surface area contributed by atoms with Crippen molar-refractivity contribution >= 4 is 11.6 Å². The fraction of sp³-hybridized carbons (Fsp3) is 0.143. The molecule has 0 spiro atoms. The largest absolute Gasteiger partial charge is 0.508 e. The minimum Gasteiger partial charge on any atom is -0.508 e. The first-order chi connectivity index (χ1) is 9.06. The van der Waals surface area contributed by atoms with E-state index in [1.54, 1.807) is 50.2 Å². The summed E-state index contributed by atoms with van der Waals surface area (Å²) in [6, 6.07) is 9.87. The summed E-state index contributed by atoms with van der Waals surface area (Å²) in [5, 5.41) is 13.2. The highest BCUT2D eigenvalue weighted by atomic mass is 16.3. The van der Waals surface area contributed by atoms with Gasteiger partial charge in [0.1, 0.15) is 11.5 Å². The van der Waals surface area contributed by atoms with Crippen molar-refractivity contribution in [1.29, 1.82) is 0 Å². The molecule has 0 fully saturated rings. The first-order valence-corrected chi connectivity index (χ1v) is 5.77. The van der Waals surface area contributed by atoms with Crippen molar-refractivity contribution in [3.05, 3.63) is 53.5 Å². The number of hydrazone groups is 1. The fourth-order valence-electron chi connectivity index (χ4n) is 1.51. The number of aryl methyl sites for hydroxylation is 1. The second kappa shape index (κ2) is 5.39. The number of aromatic hydroxyl groups is 1. The molecule has 0 saturated heterocycles. The van der Waals surface area contributed by atoms with Crippen molar-refractivity contribution in [2.45, 2.75) is 13.8 Å². The SMILES string of the molecule is C/C(=N/NC(=O)c1ccc(C)o1)c1ccc(O)cc1. The van der Waals surface area contributed by atoms with Gasteiger partial charge in [-0.3, -0.25) is 4.79 Å². The molecule has 1 aromatic heterocycles. The van der Waals surface area contributed by atoms with Gasteiger partial charge in [-0.15, -0.1) is 0 Å². The number of amides is 1. The molecule has 5 heteroatoms. The molecule has 0 aliphatic heterocycles. The molecule has 2 N–H and O–H groups in total. The fourth-order valence-corrected chi connectivity index (χ4v) is 1.51. The lowest BCUT2D eigenvalue weighted by molar-refractivity contribution is 0.0926. The molecule has 19 heavy (non-hydrogen) atoms. The lowest BCUT2D eigenvalue weighted by atomic mass is 10.1. The summed E-state index contributed by atoms with van der Waals surface area (Å²) in [5.41, 5.74) is 3.87. The van der Waals surface area contributed by atoms with Gasteiger partial charge in [-0.2, -0.15) is 5.10 Å². The molecule has 1 heterocycles. The quantitative estimate of drug-likeness (QED) is 0.656. The Morgan fingerprint density at radius 2 is 1.89 bits per heavy atom. The molecule has 0 aliphatic carbocycles. The third kappa shape index (κ3) is 3.22. The Bertz CT molecular complexity index is 612. The Morgan fingerprint density at radius 3 is 2.47 bits per heavy atom. The number of nitrogens with one attached hydrogen (secondary N) is 1. The van der Waals surface area contributed by atoms with Crippen LogP contribution in [0.1, 0.15) is 28.8 Å². The Labute approximate surface area is 110 Å². The predicted octanol–water partition coefficient (Wildman–Crippen LogP) is 2.45. The van der Waals surface area contributed by atoms with Gasteiger partial charge in [-0.25, -0.2) is 5.43 Å². The van der Waals surface area contributed by atoms with Gasteiger partial charge in [-0.1, -0.05) is 0 Å². The molecule has 2 aromatic rings. The normalized spacial score (nSPS) is 11.4. The van der Waals surface area contributed by atoms with Gasteiger partial charge in [0, 0.05) is 0 Å². The van der Waals surface area contributed by atoms with Crippen LogP contribution >= 0.6 is 0 Å². The third-order valence-corrected chi connectivity index (χ3v) is 2.57. The Hall–Kier alpha value is -2.56. The van der Waals surface area contributed by atoms with E-state index in [1.165, 1.54) is 0 Å². The minimum atomic E-state index is -0.397. The number of rotatable bonds is 3. The number of benzene rings is 1. The first-order valence-electron chi connectivity index (χ1n) is 5.77. The molecule has 98 valence electrons. The van der Waals surface area contributed by atoms with Crippen molar-refractivity contribution in [3.8, 4) is 5.75 Å². The summed E-state index contributed by atoms with van der Waals surface area (Å²) in [7, 11) is 0. The maximum atomic E-state index is 11.7. The number of carbonyl (C=O) groups excluding carboxylic acids is 1. The van der Waals surface area contributed by atoms with Crippen molar-refractivity contribution in [2.75, 3.05) is 0 Å². The smallest absolute Gasteiger partial charge is 0.307 e. The zero-order valence-corrected chi connectivity index (χ0v) is 10.7. The number of furan rings is 1. The van der Waals surface area contributed by atoms with Crippen LogP contribution in [0, 0.1) is 6.92 Å². The molecule has 0 bridgehead atoms. The highest BCUT2D eigenvalue weighted by Gasteiger charge is 2.08. The van der Waals surface area contributed by atoms with Crippen LogP contribution < -0.4 is 5.43 Å². The Morgan fingerprint density at radius 1 is 1.21 bits per heavy atom. The molecule has 0 saturated carbocycles. The average molecular weight is 258 g/mol. The van der Waals surface area contributed by atoms with Gasteiger partial charge < -0.3 is 9.52 Å². The van der Waals surface area contributed by atoms with Gasteiger partial charge in [0.2, 0.25) is 0 Å². The highest BCUT2D eigenvalue weighted by molar-refractivity contribution is 6.00. The minimum absolute atomic E-state index is 0.187. The molecule has 1 amide bonds. The predicted molar refractivity (Wildman–Crippen MR) is 71.2 cm³/mol. The molecule has 5 nitrogen and oxygen atoms in total. The van der Waals surface area contributed by atoms with Crippen molar-refractivity contribution in [2.24, 2.45) is 5.10 Å². The summed E-state index contributed by atoms with van der Waals surface area (Å²) < 4.78 is 5.18. The van der Waals surface area contributed by atoms with E-state index in [2.05, 4.69) is 10.5 Å². The van der Waals surface area contributed by atoms with Crippen molar-refractivity contribution in [3.63, 3.8) is 0 Å². The summed E-state index contributed by atoms with van der Waals surface area (Å²) in [4.78, 5) is 11.7. The third-order valence-electron chi connectivity index (χ3n) is 2.57. The zero-order valence-electron chi connectivity index (χ0n) is 10.7. The maximum Gasteiger partial charge on any atom is 0.307 e. The van der Waals surface area contributed by atoms with Gasteiger partial charge in [0.05, 0.1) is 5.71 Å². The molecule has 2 rings (SSSR count). The van der Waals surface area contributed by atoms with E-state index in [9.17, 15) is 9.90 Å². The molecule has 0 radical (unpaired) electrons. The number of hydrogen-bond acceptors (Lipinski definition) is 4. The number of nitrogens with zero attached hydrogens (tertiary/aromatic N) is 1. The summed E-state index contributed by atoms with van der Waals surface area (Å²) in [5.74, 6) is 0.682.